The number of likely N-dealkylation sites (N-methyl/N-ethyl adjacent to an activating group) is 2. The minimum absolute atomic E-state index is 0.0483. The first-order valence-electron chi connectivity index (χ1n) is 40.8. The van der Waals surface area contributed by atoms with E-state index in [0.29, 0.717) is 31.3 Å². The lowest BCUT2D eigenvalue weighted by Gasteiger charge is -2.54. The van der Waals surface area contributed by atoms with Crippen LogP contribution in [0.3, 0.4) is 0 Å². The lowest BCUT2D eigenvalue weighted by Crippen LogP contribution is -2.65. The van der Waals surface area contributed by atoms with Gasteiger partial charge in [-0.05, 0) is 189 Å². The predicted octanol–water partition coefficient (Wildman–Crippen LogP) is 7.65. The molecule has 7 amide bonds. The molecule has 15 bridgehead atoms. The summed E-state index contributed by atoms with van der Waals surface area (Å²) < 4.78 is 43.4. The highest BCUT2D eigenvalue weighted by Gasteiger charge is 2.53. The highest BCUT2D eigenvalue weighted by molar-refractivity contribution is 6.32. The van der Waals surface area contributed by atoms with Crippen molar-refractivity contribution >= 4 is 82.1 Å². The summed E-state index contributed by atoms with van der Waals surface area (Å²) in [6, 6.07) is 11.4. The third kappa shape index (κ3) is 19.0. The van der Waals surface area contributed by atoms with Crippen LogP contribution in [0.1, 0.15) is 160 Å². The fraction of sp³-hybridized carbons (Fsp3) is 0.471. The van der Waals surface area contributed by atoms with Gasteiger partial charge in [-0.25, -0.2) is 4.79 Å². The minimum Gasteiger partial charge on any atom is -0.508 e. The molecule has 4 saturated carbocycles. The van der Waals surface area contributed by atoms with Gasteiger partial charge in [-0.1, -0.05) is 62.2 Å². The standard InChI is InChI=1S/C87H98Cl2N8O24/c1-6-41(17-38(2)3)81(109)96-73-61(101)28-49(31-69(104)93-82(110)48-23-51(115-15-13-90-4)34-52(24-48)116-16-14-91-5)83(111)94-71-47-29-66(117-64-11-8-43(75(73)105)26-57(64)88)79(120-86-78(108)77(107)80-68(119-86)37-92-87(114)121-80)67(30-47)118-65-12-9-44(27-58(65)89)76(106)74-85(113)95-72(63(103)35-53-45-19-39-18-40(21-45)22-46(53)20-39)56-32-50(98)33-60(100)70(56)55-25-42(7-10-59(55)99)54(36-62(71)102)84(112)97-74/h7-12,23-27,29-30,32-34,38-41,45-46,49,53-54,68,71-78,80,86,90-91,98-100,105-108H,6,13-22,28,31,35-37H2,1-5H3,(H,92,114)(H,94,111)(H,95,113)(H,96,109)(H,97,112)(H,93,104,110)/t39?,40?,41-,45?,46?,49+,53?,54-,68-,71-,72+,73+,74+,75-,76-,77-,78-,80-,86+/m1/s1. The van der Waals surface area contributed by atoms with E-state index in [-0.39, 0.29) is 134 Å². The zero-order chi connectivity index (χ0) is 86.1. The van der Waals surface area contributed by atoms with E-state index >= 15 is 28.8 Å². The highest BCUT2D eigenvalue weighted by atomic mass is 35.5. The normalized spacial score (nSPS) is 27.7. The quantitative estimate of drug-likeness (QED) is 0.0307. The molecule has 14 atom stereocenters. The van der Waals surface area contributed by atoms with Crippen LogP contribution in [0.15, 0.2) is 97.1 Å². The molecule has 7 aliphatic heterocycles. The molecule has 644 valence electrons. The van der Waals surface area contributed by atoms with Crippen LogP contribution in [0.5, 0.6) is 57.5 Å². The van der Waals surface area contributed by atoms with Gasteiger partial charge in [0.05, 0.1) is 28.4 Å². The summed E-state index contributed by atoms with van der Waals surface area (Å²) in [6.07, 6.45) is -11.7. The molecule has 6 aromatic rings. The Labute approximate surface area is 705 Å². The maximum atomic E-state index is 16.7. The Balaban J connectivity index is 0.946. The molecule has 17 rings (SSSR count). The lowest BCUT2D eigenvalue weighted by molar-refractivity contribution is -0.275. The largest absolute Gasteiger partial charge is 0.508 e. The van der Waals surface area contributed by atoms with Gasteiger partial charge in [0.1, 0.15) is 108 Å². The number of ketones is 3. The van der Waals surface area contributed by atoms with Gasteiger partial charge in [-0.15, -0.1) is 0 Å². The molecule has 7 heterocycles. The van der Waals surface area contributed by atoms with Crippen LogP contribution in [0.2, 0.25) is 10.0 Å². The molecular weight excluding hydrogens is 1610 g/mol. The molecule has 6 aromatic carbocycles. The first-order chi connectivity index (χ1) is 57.9. The zero-order valence-corrected chi connectivity index (χ0v) is 68.4. The lowest BCUT2D eigenvalue weighted by atomic mass is 9.51. The van der Waals surface area contributed by atoms with Crippen molar-refractivity contribution in [2.75, 3.05) is 46.9 Å². The van der Waals surface area contributed by atoms with Gasteiger partial charge in [0.25, 0.3) is 5.91 Å². The van der Waals surface area contributed by atoms with Crippen molar-refractivity contribution < 1.29 is 117 Å². The number of alkyl carbamates (subject to hydrolysis) is 1. The van der Waals surface area contributed by atoms with E-state index in [0.717, 1.165) is 62.4 Å². The van der Waals surface area contributed by atoms with Crippen molar-refractivity contribution in [3.63, 3.8) is 0 Å². The Morgan fingerprint density at radius 1 is 0.636 bits per heavy atom. The maximum absolute atomic E-state index is 16.7. The van der Waals surface area contributed by atoms with Crippen molar-refractivity contribution in [3.05, 3.63) is 140 Å². The Morgan fingerprint density at radius 2 is 1.26 bits per heavy atom. The number of imide groups is 1. The van der Waals surface area contributed by atoms with Crippen molar-refractivity contribution in [2.24, 2.45) is 47.3 Å². The van der Waals surface area contributed by atoms with Gasteiger partial charge in [0.15, 0.2) is 35.0 Å². The molecule has 0 aromatic heterocycles. The second-order valence-electron chi connectivity index (χ2n) is 33.0. The summed E-state index contributed by atoms with van der Waals surface area (Å²) in [5.41, 5.74) is -1.74. The number of hydrogen-bond donors (Lipinski definition) is 15. The predicted molar refractivity (Wildman–Crippen MR) is 433 cm³/mol. The average molecular weight is 1710 g/mol. The van der Waals surface area contributed by atoms with E-state index in [2.05, 4.69) is 42.5 Å². The smallest absolute Gasteiger partial charge is 0.407 e. The minimum atomic E-state index is -2.23. The number of aromatic hydroxyl groups is 3. The summed E-state index contributed by atoms with van der Waals surface area (Å²) in [5, 5.41) is 106. The third-order valence-corrected chi connectivity index (χ3v) is 24.9. The van der Waals surface area contributed by atoms with Gasteiger partial charge in [-0.3, -0.25) is 48.5 Å². The van der Waals surface area contributed by atoms with Crippen LogP contribution >= 0.6 is 23.2 Å². The maximum Gasteiger partial charge on any atom is 0.407 e. The fourth-order valence-electron chi connectivity index (χ4n) is 18.4. The zero-order valence-electron chi connectivity index (χ0n) is 66.9. The van der Waals surface area contributed by atoms with Gasteiger partial charge in [0.2, 0.25) is 41.6 Å². The number of halogens is 2. The number of amides is 7. The van der Waals surface area contributed by atoms with Gasteiger partial charge in [0, 0.05) is 73.5 Å². The second-order valence-corrected chi connectivity index (χ2v) is 33.9. The van der Waals surface area contributed by atoms with Crippen LogP contribution < -0.4 is 66.2 Å². The molecule has 11 aliphatic rings. The number of benzene rings is 6. The number of rotatable bonds is 21. The summed E-state index contributed by atoms with van der Waals surface area (Å²) in [6.45, 7) is 6.28. The number of aliphatic hydroxyl groups is 4. The van der Waals surface area contributed by atoms with Crippen LogP contribution in [0.4, 0.5) is 4.79 Å². The molecule has 0 unspecified atom stereocenters. The summed E-state index contributed by atoms with van der Waals surface area (Å²) in [4.78, 5) is 153. The number of Topliss-reactive ketones (excluding diaryl/α,β-unsaturated/α-hetero) is 3. The Kier molecular flexibility index (Phi) is 26.5. The summed E-state index contributed by atoms with van der Waals surface area (Å²) in [7, 11) is 3.41. The van der Waals surface area contributed by atoms with E-state index in [9.17, 15) is 54.9 Å². The second kappa shape index (κ2) is 36.9. The van der Waals surface area contributed by atoms with Crippen molar-refractivity contribution in [3.8, 4) is 68.6 Å². The average Bonchev–Trinajstić information content (AvgIpc) is 0.759. The van der Waals surface area contributed by atoms with E-state index in [1.54, 1.807) is 21.0 Å². The third-order valence-electron chi connectivity index (χ3n) is 24.3. The number of carbonyl (C=O) groups is 10. The Bertz CT molecular complexity index is 4970. The van der Waals surface area contributed by atoms with Gasteiger partial charge >= 0.3 is 6.09 Å². The first-order valence-corrected chi connectivity index (χ1v) is 41.5. The number of ether oxygens (including phenoxy) is 7. The van der Waals surface area contributed by atoms with Crippen LogP contribution in [-0.2, 0) is 47.8 Å². The molecule has 15 N–H and O–H groups in total. The number of phenolic OH excluding ortho intramolecular Hbond substituents is 3. The van der Waals surface area contributed by atoms with Crippen LogP contribution in [0, 0.1) is 47.3 Å². The van der Waals surface area contributed by atoms with E-state index < -0.39 is 197 Å². The monoisotopic (exact) mass is 1710 g/mol. The molecule has 6 fully saturated rings. The molecule has 0 spiro atoms. The SMILES string of the molecule is CC[C@H](CC(C)C)C(=O)N[C@H]1C(=O)C[C@@H](CC(=O)NC(=O)c2cc(OCCNC)cc(OCCNC)c2)C(=O)N[C@H]2C(=O)C[C@H]3C(=O)N[C@H](C(=O)N[C@H](C(=O)CC4C5CC6CC(C5)CC4C6)c4cc(O)cc(O)c4-c4cc3ccc4O)[C@H](O)c3ccc(c(Cl)c3)Oc3cc2cc(c3O[C@@H]2O[C@@H]3CNC(=O)O[C@H]3[C@H](O)[C@H]2O)Oc2ccc(cc2Cl)[C@H]1O. The molecule has 2 saturated heterocycles. The van der Waals surface area contributed by atoms with Crippen molar-refractivity contribution in [1.82, 2.24) is 42.5 Å². The molecule has 34 heteroatoms. The van der Waals surface area contributed by atoms with Crippen LogP contribution in [0.25, 0.3) is 11.1 Å². The molecule has 4 aliphatic carbocycles. The molecule has 121 heavy (non-hydrogen) atoms. The first kappa shape index (κ1) is 86.7. The summed E-state index contributed by atoms with van der Waals surface area (Å²) >= 11 is 14.4. The number of aliphatic hydroxyl groups excluding tert-OH is 4. The van der Waals surface area contributed by atoms with E-state index in [1.165, 1.54) is 66.7 Å². The van der Waals surface area contributed by atoms with Crippen molar-refractivity contribution in [2.45, 2.75) is 164 Å². The molecule has 32 nitrogen and oxygen atoms in total. The fourth-order valence-corrected chi connectivity index (χ4v) is 18.8. The number of carbonyl (C=O) groups excluding carboxylic acids is 10. The van der Waals surface area contributed by atoms with E-state index in [1.807, 2.05) is 13.8 Å². The van der Waals surface area contributed by atoms with E-state index in [4.69, 9.17) is 56.4 Å². The number of hydrogen-bond acceptors (Lipinski definition) is 26. The number of fused-ring (bicyclic) bond motifs is 16. The van der Waals surface area contributed by atoms with Gasteiger partial charge < -0.3 is 106 Å². The Hall–Kier alpha value is -10.7. The highest BCUT2D eigenvalue weighted by Crippen LogP contribution is 2.58. The van der Waals surface area contributed by atoms with Gasteiger partial charge in [-0.2, -0.15) is 0 Å². The van der Waals surface area contributed by atoms with Crippen LogP contribution in [-0.4, -0.2) is 184 Å². The molecular formula is C87H98Cl2N8O24. The number of phenols is 3. The topological polar surface area (TPSA) is 473 Å². The Morgan fingerprint density at radius 3 is 1.88 bits per heavy atom. The molecule has 0 radical (unpaired) electrons. The number of nitrogens with one attached hydrogen (secondary N) is 8. The van der Waals surface area contributed by atoms with Crippen molar-refractivity contribution in [1.29, 1.82) is 0 Å². The summed E-state index contributed by atoms with van der Waals surface area (Å²) in [5.74, 6) is -16.7.